The van der Waals surface area contributed by atoms with Crippen LogP contribution in [0, 0.1) is 0 Å². The molecular weight excluding hydrogens is 292 g/mol. The monoisotopic (exact) mass is 302 g/mol. The number of hydrogen-bond acceptors (Lipinski definition) is 6. The van der Waals surface area contributed by atoms with Crippen molar-refractivity contribution in [1.82, 2.24) is 9.97 Å². The SMILES string of the molecule is N/C(=N\O)c1ccc(Sc2nc3ccccc3s2)nc1. The Kier molecular flexibility index (Phi) is 3.53. The molecule has 0 fully saturated rings. The van der Waals surface area contributed by atoms with Crippen molar-refractivity contribution in [2.45, 2.75) is 9.37 Å². The lowest BCUT2D eigenvalue weighted by molar-refractivity contribution is 0.318. The lowest BCUT2D eigenvalue weighted by Crippen LogP contribution is -2.13. The highest BCUT2D eigenvalue weighted by atomic mass is 32.2. The van der Waals surface area contributed by atoms with E-state index in [-0.39, 0.29) is 5.84 Å². The van der Waals surface area contributed by atoms with Crippen molar-refractivity contribution < 1.29 is 5.21 Å². The number of rotatable bonds is 3. The Morgan fingerprint density at radius 2 is 2.10 bits per heavy atom. The average Bonchev–Trinajstić information content (AvgIpc) is 2.89. The maximum absolute atomic E-state index is 8.59. The van der Waals surface area contributed by atoms with Gasteiger partial charge in [0.1, 0.15) is 5.03 Å². The molecule has 0 bridgehead atoms. The van der Waals surface area contributed by atoms with Gasteiger partial charge in [0.2, 0.25) is 0 Å². The third kappa shape index (κ3) is 2.59. The van der Waals surface area contributed by atoms with Crippen molar-refractivity contribution in [3.05, 3.63) is 48.2 Å². The number of nitrogens with zero attached hydrogens (tertiary/aromatic N) is 3. The Labute approximate surface area is 123 Å². The smallest absolute Gasteiger partial charge is 0.171 e. The van der Waals surface area contributed by atoms with Gasteiger partial charge in [-0.2, -0.15) is 0 Å². The lowest BCUT2D eigenvalue weighted by Gasteiger charge is -1.99. The van der Waals surface area contributed by atoms with E-state index in [1.54, 1.807) is 23.6 Å². The average molecular weight is 302 g/mol. The normalized spacial score (nSPS) is 11.9. The third-order valence-electron chi connectivity index (χ3n) is 2.61. The van der Waals surface area contributed by atoms with Gasteiger partial charge in [-0.1, -0.05) is 17.3 Å². The fraction of sp³-hybridized carbons (Fsp3) is 0. The minimum absolute atomic E-state index is 0.0500. The molecule has 100 valence electrons. The molecule has 0 spiro atoms. The molecule has 0 aliphatic carbocycles. The van der Waals surface area contributed by atoms with Crippen molar-refractivity contribution >= 4 is 39.2 Å². The number of nitrogens with two attached hydrogens (primary N) is 1. The number of amidine groups is 1. The number of para-hydroxylation sites is 1. The van der Waals surface area contributed by atoms with Crippen LogP contribution < -0.4 is 5.73 Å². The summed E-state index contributed by atoms with van der Waals surface area (Å²) in [6.07, 6.45) is 1.57. The zero-order valence-electron chi connectivity index (χ0n) is 10.2. The molecule has 0 aliphatic heterocycles. The molecular formula is C13H10N4OS2. The zero-order chi connectivity index (χ0) is 13.9. The molecule has 2 heterocycles. The number of oxime groups is 1. The predicted molar refractivity (Wildman–Crippen MR) is 80.5 cm³/mol. The Balaban J connectivity index is 1.83. The number of thiazole rings is 1. The molecule has 3 aromatic rings. The van der Waals surface area contributed by atoms with Crippen LogP contribution in [0.5, 0.6) is 0 Å². The molecule has 7 heteroatoms. The van der Waals surface area contributed by atoms with Crippen molar-refractivity contribution in [2.24, 2.45) is 10.9 Å². The van der Waals surface area contributed by atoms with E-state index in [1.807, 2.05) is 30.3 Å². The lowest BCUT2D eigenvalue weighted by atomic mass is 10.3. The maximum atomic E-state index is 8.59. The van der Waals surface area contributed by atoms with Gasteiger partial charge in [0.05, 0.1) is 10.2 Å². The number of aromatic nitrogens is 2. The molecule has 0 saturated carbocycles. The van der Waals surface area contributed by atoms with Crippen molar-refractivity contribution in [3.8, 4) is 0 Å². The first-order valence-electron chi connectivity index (χ1n) is 5.73. The second-order valence-corrected chi connectivity index (χ2v) is 6.22. The van der Waals surface area contributed by atoms with Gasteiger partial charge in [-0.3, -0.25) is 0 Å². The van der Waals surface area contributed by atoms with Crippen LogP contribution in [0.25, 0.3) is 10.2 Å². The molecule has 0 atom stereocenters. The number of hydrogen-bond donors (Lipinski definition) is 2. The quantitative estimate of drug-likeness (QED) is 0.336. The van der Waals surface area contributed by atoms with Crippen LogP contribution in [0.1, 0.15) is 5.56 Å². The highest BCUT2D eigenvalue weighted by molar-refractivity contribution is 8.01. The number of benzene rings is 1. The third-order valence-corrected chi connectivity index (χ3v) is 4.65. The van der Waals surface area contributed by atoms with E-state index in [2.05, 4.69) is 15.1 Å². The van der Waals surface area contributed by atoms with Crippen LogP contribution in [0.15, 0.2) is 57.1 Å². The van der Waals surface area contributed by atoms with Crippen molar-refractivity contribution in [2.75, 3.05) is 0 Å². The minimum Gasteiger partial charge on any atom is -0.409 e. The van der Waals surface area contributed by atoms with Crippen LogP contribution in [-0.2, 0) is 0 Å². The number of pyridine rings is 1. The Morgan fingerprint density at radius 1 is 1.25 bits per heavy atom. The molecule has 0 amide bonds. The molecule has 20 heavy (non-hydrogen) atoms. The van der Waals surface area contributed by atoms with Crippen LogP contribution >= 0.6 is 23.1 Å². The van der Waals surface area contributed by atoms with E-state index >= 15 is 0 Å². The van der Waals surface area contributed by atoms with Crippen LogP contribution in [0.2, 0.25) is 0 Å². The molecule has 1 aromatic carbocycles. The van der Waals surface area contributed by atoms with Gasteiger partial charge in [0.15, 0.2) is 10.2 Å². The van der Waals surface area contributed by atoms with Gasteiger partial charge in [0.25, 0.3) is 0 Å². The molecule has 0 saturated heterocycles. The van der Waals surface area contributed by atoms with Crippen LogP contribution in [-0.4, -0.2) is 21.0 Å². The summed E-state index contributed by atoms with van der Waals surface area (Å²) in [4.78, 5) is 8.81. The molecule has 3 rings (SSSR count). The highest BCUT2D eigenvalue weighted by Gasteiger charge is 2.07. The predicted octanol–water partition coefficient (Wildman–Crippen LogP) is 2.94. The largest absolute Gasteiger partial charge is 0.409 e. The van der Waals surface area contributed by atoms with Gasteiger partial charge in [-0.05, 0) is 36.0 Å². The second-order valence-electron chi connectivity index (χ2n) is 3.92. The van der Waals surface area contributed by atoms with Crippen LogP contribution in [0.3, 0.4) is 0 Å². The summed E-state index contributed by atoms with van der Waals surface area (Å²) >= 11 is 3.13. The highest BCUT2D eigenvalue weighted by Crippen LogP contribution is 2.33. The molecule has 5 nitrogen and oxygen atoms in total. The standard InChI is InChI=1S/C13H10N4OS2/c14-12(17-18)8-5-6-11(15-7-8)20-13-16-9-3-1-2-4-10(9)19-13/h1-7,18H,(H2,14,17). The second kappa shape index (κ2) is 5.48. The van der Waals surface area contributed by atoms with Gasteiger partial charge in [0, 0.05) is 11.8 Å². The van der Waals surface area contributed by atoms with Gasteiger partial charge < -0.3 is 10.9 Å². The summed E-state index contributed by atoms with van der Waals surface area (Å²) in [7, 11) is 0. The first-order valence-corrected chi connectivity index (χ1v) is 7.37. The van der Waals surface area contributed by atoms with E-state index in [9.17, 15) is 0 Å². The first kappa shape index (κ1) is 12.9. The van der Waals surface area contributed by atoms with Crippen molar-refractivity contribution in [1.29, 1.82) is 0 Å². The molecule has 2 aromatic heterocycles. The van der Waals surface area contributed by atoms with Crippen molar-refractivity contribution in [3.63, 3.8) is 0 Å². The van der Waals surface area contributed by atoms with Crippen LogP contribution in [0.4, 0.5) is 0 Å². The summed E-state index contributed by atoms with van der Waals surface area (Å²) in [5.41, 5.74) is 7.07. The van der Waals surface area contributed by atoms with E-state index in [0.29, 0.717) is 5.56 Å². The van der Waals surface area contributed by atoms with Gasteiger partial charge >= 0.3 is 0 Å². The fourth-order valence-electron chi connectivity index (χ4n) is 1.63. The van der Waals surface area contributed by atoms with E-state index < -0.39 is 0 Å². The Bertz CT molecular complexity index is 734. The minimum atomic E-state index is 0.0500. The summed E-state index contributed by atoms with van der Waals surface area (Å²) in [6, 6.07) is 11.6. The van der Waals surface area contributed by atoms with Gasteiger partial charge in [-0.15, -0.1) is 11.3 Å². The summed E-state index contributed by atoms with van der Waals surface area (Å²) in [5, 5.41) is 12.4. The molecule has 0 unspecified atom stereocenters. The molecule has 0 aliphatic rings. The fourth-order valence-corrected chi connectivity index (χ4v) is 3.59. The Hall–Kier alpha value is -2.12. The summed E-state index contributed by atoms with van der Waals surface area (Å²) in [6.45, 7) is 0. The molecule has 0 radical (unpaired) electrons. The van der Waals surface area contributed by atoms with E-state index in [4.69, 9.17) is 10.9 Å². The zero-order valence-corrected chi connectivity index (χ0v) is 11.9. The topological polar surface area (TPSA) is 84.4 Å². The first-order chi connectivity index (χ1) is 9.76. The summed E-state index contributed by atoms with van der Waals surface area (Å²) < 4.78 is 2.10. The maximum Gasteiger partial charge on any atom is 0.171 e. The molecule has 3 N–H and O–H groups in total. The number of fused-ring (bicyclic) bond motifs is 1. The summed E-state index contributed by atoms with van der Waals surface area (Å²) in [5.74, 6) is 0.0500. The van der Waals surface area contributed by atoms with E-state index in [0.717, 1.165) is 19.6 Å². The van der Waals surface area contributed by atoms with E-state index in [1.165, 1.54) is 11.8 Å². The van der Waals surface area contributed by atoms with Gasteiger partial charge in [-0.25, -0.2) is 9.97 Å². The Morgan fingerprint density at radius 3 is 2.80 bits per heavy atom.